The first-order valence-corrected chi connectivity index (χ1v) is 9.15. The van der Waals surface area contributed by atoms with Crippen LogP contribution >= 0.6 is 0 Å². The van der Waals surface area contributed by atoms with Gasteiger partial charge < -0.3 is 5.11 Å². The number of hydrogen-bond acceptors (Lipinski definition) is 3. The van der Waals surface area contributed by atoms with Crippen LogP contribution in [0.4, 0.5) is 0 Å². The first-order chi connectivity index (χ1) is 12.3. The third-order valence-corrected chi connectivity index (χ3v) is 3.69. The predicted octanol–water partition coefficient (Wildman–Crippen LogP) is 5.25. The van der Waals surface area contributed by atoms with Crippen LogP contribution in [0.3, 0.4) is 0 Å². The Balaban J connectivity index is 0.000000294. The zero-order valence-electron chi connectivity index (χ0n) is 16.2. The third-order valence-electron chi connectivity index (χ3n) is 3.69. The molecule has 0 fully saturated rings. The average molecular weight is 354 g/mol. The molecule has 0 aliphatic heterocycles. The summed E-state index contributed by atoms with van der Waals surface area (Å²) in [4.78, 5) is 23.0. The fourth-order valence-electron chi connectivity index (χ4n) is 2.54. The molecule has 0 aromatic heterocycles. The van der Waals surface area contributed by atoms with Gasteiger partial charge >= 0.3 is 0 Å². The van der Waals surface area contributed by atoms with E-state index in [0.29, 0.717) is 28.7 Å². The lowest BCUT2D eigenvalue weighted by atomic mass is 10.00. The quantitative estimate of drug-likeness (QED) is 0.691. The predicted molar refractivity (Wildman–Crippen MR) is 106 cm³/mol. The lowest BCUT2D eigenvalue weighted by Gasteiger charge is -2.09. The Morgan fingerprint density at radius 1 is 0.769 bits per heavy atom. The van der Waals surface area contributed by atoms with Crippen molar-refractivity contribution in [1.82, 2.24) is 0 Å². The Hall–Kier alpha value is -2.26. The molecule has 0 amide bonds. The zero-order valence-corrected chi connectivity index (χ0v) is 16.2. The van der Waals surface area contributed by atoms with E-state index in [9.17, 15) is 14.7 Å². The van der Waals surface area contributed by atoms with Gasteiger partial charge in [-0.15, -0.1) is 0 Å². The van der Waals surface area contributed by atoms with Crippen molar-refractivity contribution in [2.24, 2.45) is 11.8 Å². The highest BCUT2D eigenvalue weighted by molar-refractivity contribution is 5.99. The van der Waals surface area contributed by atoms with Crippen LogP contribution in [-0.2, 0) is 4.79 Å². The van der Waals surface area contributed by atoms with Crippen molar-refractivity contribution in [1.29, 1.82) is 0 Å². The highest BCUT2D eigenvalue weighted by atomic mass is 16.3. The Morgan fingerprint density at radius 3 is 1.62 bits per heavy atom. The van der Waals surface area contributed by atoms with Gasteiger partial charge in [0.25, 0.3) is 0 Å². The summed E-state index contributed by atoms with van der Waals surface area (Å²) in [5, 5.41) is 9.89. The summed E-state index contributed by atoms with van der Waals surface area (Å²) >= 11 is 0. The van der Waals surface area contributed by atoms with Crippen molar-refractivity contribution in [2.45, 2.75) is 46.6 Å². The number of Topliss-reactive ketones (excluding diaryl/α,β-unsaturated/α-hetero) is 2. The van der Waals surface area contributed by atoms with Gasteiger partial charge in [0.2, 0.25) is 0 Å². The van der Waals surface area contributed by atoms with Crippen molar-refractivity contribution >= 4 is 11.6 Å². The molecule has 26 heavy (non-hydrogen) atoms. The summed E-state index contributed by atoms with van der Waals surface area (Å²) in [6.45, 7) is 8.33. The fourth-order valence-corrected chi connectivity index (χ4v) is 2.54. The molecular formula is C23H30O3. The van der Waals surface area contributed by atoms with Gasteiger partial charge in [0, 0.05) is 18.4 Å². The molecule has 0 aliphatic carbocycles. The molecule has 1 unspecified atom stereocenters. The molecule has 0 spiro atoms. The molecule has 3 nitrogen and oxygen atoms in total. The van der Waals surface area contributed by atoms with E-state index in [-0.39, 0.29) is 5.78 Å². The number of aliphatic hydroxyl groups excluding tert-OH is 1. The number of carbonyl (C=O) groups is 2. The third kappa shape index (κ3) is 8.21. The minimum Gasteiger partial charge on any atom is -0.380 e. The summed E-state index contributed by atoms with van der Waals surface area (Å²) in [7, 11) is 0. The summed E-state index contributed by atoms with van der Waals surface area (Å²) in [5.74, 6) is 1.18. The van der Waals surface area contributed by atoms with E-state index in [1.165, 1.54) is 0 Å². The number of carbonyl (C=O) groups excluding carboxylic acids is 2. The SMILES string of the molecule is CC(C)CC(=O)CC(C)C.O=C(c1ccccc1)C(O)c1ccccc1. The lowest BCUT2D eigenvalue weighted by molar-refractivity contribution is -0.120. The van der Waals surface area contributed by atoms with Gasteiger partial charge in [-0.25, -0.2) is 0 Å². The Kier molecular flexibility index (Phi) is 9.53. The van der Waals surface area contributed by atoms with E-state index in [1.54, 1.807) is 48.5 Å². The Morgan fingerprint density at radius 2 is 1.19 bits per heavy atom. The molecule has 140 valence electrons. The average Bonchev–Trinajstić information content (AvgIpc) is 2.61. The number of ketones is 2. The van der Waals surface area contributed by atoms with Crippen molar-refractivity contribution in [3.05, 3.63) is 71.8 Å². The lowest BCUT2D eigenvalue weighted by Crippen LogP contribution is -2.11. The summed E-state index contributed by atoms with van der Waals surface area (Å²) in [5.41, 5.74) is 1.15. The maximum absolute atomic E-state index is 11.9. The van der Waals surface area contributed by atoms with Gasteiger partial charge in [-0.2, -0.15) is 0 Å². The topological polar surface area (TPSA) is 54.4 Å². The van der Waals surface area contributed by atoms with Crippen molar-refractivity contribution in [3.8, 4) is 0 Å². The van der Waals surface area contributed by atoms with E-state index >= 15 is 0 Å². The van der Waals surface area contributed by atoms with E-state index in [4.69, 9.17) is 0 Å². The molecule has 0 radical (unpaired) electrons. The molecular weight excluding hydrogens is 324 g/mol. The van der Waals surface area contributed by atoms with Gasteiger partial charge in [0.1, 0.15) is 11.9 Å². The second-order valence-corrected chi connectivity index (χ2v) is 7.28. The van der Waals surface area contributed by atoms with E-state index in [0.717, 1.165) is 12.8 Å². The molecule has 0 saturated carbocycles. The first kappa shape index (κ1) is 21.8. The van der Waals surface area contributed by atoms with Gasteiger partial charge in [-0.3, -0.25) is 9.59 Å². The fraction of sp³-hybridized carbons (Fsp3) is 0.391. The first-order valence-electron chi connectivity index (χ1n) is 9.15. The van der Waals surface area contributed by atoms with E-state index in [1.807, 2.05) is 12.1 Å². The van der Waals surface area contributed by atoms with Gasteiger partial charge in [0.15, 0.2) is 5.78 Å². The maximum Gasteiger partial charge on any atom is 0.195 e. The Bertz CT molecular complexity index is 648. The van der Waals surface area contributed by atoms with Crippen LogP contribution in [-0.4, -0.2) is 16.7 Å². The van der Waals surface area contributed by atoms with Gasteiger partial charge in [-0.05, 0) is 17.4 Å². The molecule has 0 heterocycles. The van der Waals surface area contributed by atoms with Crippen LogP contribution < -0.4 is 0 Å². The zero-order chi connectivity index (χ0) is 19.5. The van der Waals surface area contributed by atoms with Crippen molar-refractivity contribution < 1.29 is 14.7 Å². The molecule has 0 aliphatic rings. The van der Waals surface area contributed by atoms with Crippen LogP contribution in [0, 0.1) is 11.8 Å². The summed E-state index contributed by atoms with van der Waals surface area (Å²) in [6.07, 6.45) is 0.416. The second-order valence-electron chi connectivity index (χ2n) is 7.28. The number of hydrogen-bond donors (Lipinski definition) is 1. The largest absolute Gasteiger partial charge is 0.380 e. The van der Waals surface area contributed by atoms with E-state index in [2.05, 4.69) is 27.7 Å². The molecule has 1 atom stereocenters. The molecule has 2 aromatic carbocycles. The van der Waals surface area contributed by atoms with Crippen LogP contribution in [0.1, 0.15) is 62.6 Å². The number of rotatable bonds is 7. The monoisotopic (exact) mass is 354 g/mol. The molecule has 2 aromatic rings. The minimum atomic E-state index is -1.08. The second kappa shape index (κ2) is 11.4. The smallest absolute Gasteiger partial charge is 0.195 e. The minimum absolute atomic E-state index is 0.271. The maximum atomic E-state index is 11.9. The van der Waals surface area contributed by atoms with Crippen molar-refractivity contribution in [3.63, 3.8) is 0 Å². The standard InChI is InChI=1S/C14H12O2.C9H18O/c15-13(11-7-3-1-4-8-11)14(16)12-9-5-2-6-10-12;1-7(2)5-9(10)6-8(3)4/h1-10,13,15H;7-8H,5-6H2,1-4H3. The highest BCUT2D eigenvalue weighted by Gasteiger charge is 2.18. The van der Waals surface area contributed by atoms with Crippen LogP contribution in [0.2, 0.25) is 0 Å². The Labute approximate surface area is 157 Å². The number of benzene rings is 2. The molecule has 0 bridgehead atoms. The summed E-state index contributed by atoms with van der Waals surface area (Å²) in [6, 6.07) is 17.7. The molecule has 3 heteroatoms. The molecule has 1 N–H and O–H groups in total. The normalized spacial score (nSPS) is 11.7. The molecule has 2 rings (SSSR count). The van der Waals surface area contributed by atoms with Gasteiger partial charge in [0.05, 0.1) is 0 Å². The molecule has 0 saturated heterocycles. The number of aliphatic hydroxyl groups is 1. The highest BCUT2D eigenvalue weighted by Crippen LogP contribution is 2.17. The summed E-state index contributed by atoms with van der Waals surface area (Å²) < 4.78 is 0. The van der Waals surface area contributed by atoms with Crippen LogP contribution in [0.25, 0.3) is 0 Å². The van der Waals surface area contributed by atoms with Crippen LogP contribution in [0.5, 0.6) is 0 Å². The van der Waals surface area contributed by atoms with Crippen molar-refractivity contribution in [2.75, 3.05) is 0 Å². The van der Waals surface area contributed by atoms with E-state index < -0.39 is 6.10 Å². The van der Waals surface area contributed by atoms with Gasteiger partial charge in [-0.1, -0.05) is 88.4 Å². The van der Waals surface area contributed by atoms with Crippen LogP contribution in [0.15, 0.2) is 60.7 Å².